The van der Waals surface area contributed by atoms with Gasteiger partial charge in [0.2, 0.25) is 0 Å². The molecule has 0 radical (unpaired) electrons. The fourth-order valence-electron chi connectivity index (χ4n) is 1.38. The second-order valence-corrected chi connectivity index (χ2v) is 4.48. The van der Waals surface area contributed by atoms with E-state index < -0.39 is 12.0 Å². The van der Waals surface area contributed by atoms with E-state index in [-0.39, 0.29) is 0 Å². The topological polar surface area (TPSA) is 82.3 Å². The van der Waals surface area contributed by atoms with Crippen LogP contribution < -0.4 is 5.32 Å². The summed E-state index contributed by atoms with van der Waals surface area (Å²) >= 11 is 3.30. The third-order valence-electron chi connectivity index (χ3n) is 2.34. The van der Waals surface area contributed by atoms with Crippen LogP contribution in [-0.4, -0.2) is 30.8 Å². The van der Waals surface area contributed by atoms with Gasteiger partial charge < -0.3 is 15.2 Å². The third kappa shape index (κ3) is 4.02. The Bertz CT molecular complexity index is 471. The molecule has 0 aliphatic rings. The maximum Gasteiger partial charge on any atom is 0.326 e. The van der Waals surface area contributed by atoms with E-state index in [1.807, 2.05) is 6.07 Å². The van der Waals surface area contributed by atoms with Crippen molar-refractivity contribution < 1.29 is 14.6 Å². The molecule has 0 fully saturated rings. The van der Waals surface area contributed by atoms with Crippen LogP contribution in [0.15, 0.2) is 22.7 Å². The molecule has 0 saturated carbocycles. The highest BCUT2D eigenvalue weighted by molar-refractivity contribution is 9.10. The molecule has 5 nitrogen and oxygen atoms in total. The van der Waals surface area contributed by atoms with Crippen molar-refractivity contribution in [3.8, 4) is 6.07 Å². The Labute approximate surface area is 114 Å². The van der Waals surface area contributed by atoms with Crippen molar-refractivity contribution in [2.24, 2.45) is 0 Å². The van der Waals surface area contributed by atoms with E-state index in [0.717, 1.165) is 0 Å². The Morgan fingerprint density at radius 2 is 2.39 bits per heavy atom. The molecule has 0 heterocycles. The van der Waals surface area contributed by atoms with Gasteiger partial charge in [0.15, 0.2) is 0 Å². The van der Waals surface area contributed by atoms with E-state index in [4.69, 9.17) is 15.1 Å². The first-order valence-electron chi connectivity index (χ1n) is 5.26. The average molecular weight is 313 g/mol. The van der Waals surface area contributed by atoms with Crippen molar-refractivity contribution in [3.05, 3.63) is 28.2 Å². The van der Waals surface area contributed by atoms with E-state index in [9.17, 15) is 4.79 Å². The van der Waals surface area contributed by atoms with E-state index in [1.54, 1.807) is 18.2 Å². The number of carboxylic acid groups (broad SMARTS) is 1. The predicted molar refractivity (Wildman–Crippen MR) is 70.4 cm³/mol. The Balaban J connectivity index is 2.81. The molecule has 0 saturated heterocycles. The van der Waals surface area contributed by atoms with Gasteiger partial charge in [-0.05, 0) is 34.1 Å². The molecule has 1 rings (SSSR count). The maximum atomic E-state index is 11.1. The average Bonchev–Trinajstić information content (AvgIpc) is 2.35. The van der Waals surface area contributed by atoms with Gasteiger partial charge in [-0.3, -0.25) is 0 Å². The molecule has 96 valence electrons. The molecule has 6 heteroatoms. The molecule has 1 unspecified atom stereocenters. The lowest BCUT2D eigenvalue weighted by atomic mass is 10.1. The first-order valence-corrected chi connectivity index (χ1v) is 6.05. The lowest BCUT2D eigenvalue weighted by molar-refractivity contribution is -0.138. The van der Waals surface area contributed by atoms with Crippen LogP contribution in [0.25, 0.3) is 0 Å². The van der Waals surface area contributed by atoms with Crippen LogP contribution in [0.2, 0.25) is 0 Å². The number of benzene rings is 1. The van der Waals surface area contributed by atoms with E-state index in [1.165, 1.54) is 7.11 Å². The van der Waals surface area contributed by atoms with E-state index >= 15 is 0 Å². The van der Waals surface area contributed by atoms with Crippen LogP contribution >= 0.6 is 15.9 Å². The smallest absolute Gasteiger partial charge is 0.326 e. The Hall–Kier alpha value is -1.58. The van der Waals surface area contributed by atoms with Crippen LogP contribution in [0.3, 0.4) is 0 Å². The normalized spacial score (nSPS) is 11.6. The molecule has 0 aliphatic carbocycles. The molecular formula is C12H13BrN2O3. The van der Waals surface area contributed by atoms with Gasteiger partial charge in [0.25, 0.3) is 0 Å². The lowest BCUT2D eigenvalue weighted by Crippen LogP contribution is -2.30. The molecule has 1 aromatic rings. The summed E-state index contributed by atoms with van der Waals surface area (Å²) in [6, 6.07) is 6.22. The molecule has 18 heavy (non-hydrogen) atoms. The largest absolute Gasteiger partial charge is 0.480 e. The Morgan fingerprint density at radius 1 is 1.67 bits per heavy atom. The number of carbonyl (C=O) groups is 1. The Kier molecular flexibility index (Phi) is 5.62. The first-order chi connectivity index (χ1) is 8.58. The monoisotopic (exact) mass is 312 g/mol. The van der Waals surface area contributed by atoms with Crippen molar-refractivity contribution in [2.45, 2.75) is 12.5 Å². The third-order valence-corrected chi connectivity index (χ3v) is 2.99. The highest BCUT2D eigenvalue weighted by atomic mass is 79.9. The van der Waals surface area contributed by atoms with Gasteiger partial charge in [-0.2, -0.15) is 5.26 Å². The van der Waals surface area contributed by atoms with Crippen molar-refractivity contribution in [3.63, 3.8) is 0 Å². The van der Waals surface area contributed by atoms with Crippen LogP contribution in [-0.2, 0) is 9.53 Å². The summed E-state index contributed by atoms with van der Waals surface area (Å²) in [7, 11) is 1.52. The number of aliphatic carboxylic acids is 1. The van der Waals surface area contributed by atoms with Crippen molar-refractivity contribution in [1.82, 2.24) is 0 Å². The van der Waals surface area contributed by atoms with Gasteiger partial charge in [0.1, 0.15) is 6.04 Å². The van der Waals surface area contributed by atoms with Crippen LogP contribution in [0, 0.1) is 11.3 Å². The van der Waals surface area contributed by atoms with Crippen molar-refractivity contribution in [1.29, 1.82) is 5.26 Å². The molecule has 0 aliphatic heterocycles. The van der Waals surface area contributed by atoms with Gasteiger partial charge in [-0.1, -0.05) is 0 Å². The van der Waals surface area contributed by atoms with Crippen molar-refractivity contribution >= 4 is 27.6 Å². The summed E-state index contributed by atoms with van der Waals surface area (Å²) in [5.41, 5.74) is 1.15. The van der Waals surface area contributed by atoms with Gasteiger partial charge >= 0.3 is 5.97 Å². The second-order valence-electron chi connectivity index (χ2n) is 3.62. The second kappa shape index (κ2) is 6.99. The number of nitriles is 1. The number of rotatable bonds is 6. The fourth-order valence-corrected chi connectivity index (χ4v) is 1.88. The lowest BCUT2D eigenvalue weighted by Gasteiger charge is -2.16. The molecule has 0 bridgehead atoms. The van der Waals surface area contributed by atoms with Crippen LogP contribution in [0.1, 0.15) is 12.0 Å². The standard InChI is InChI=1S/C12H13BrN2O3/c1-18-5-4-11(12(16)17)15-10-3-2-8(7-14)6-9(10)13/h2-3,6,11,15H,4-5H2,1H3,(H,16,17). The summed E-state index contributed by atoms with van der Waals surface area (Å²) in [5.74, 6) is -0.941. The minimum atomic E-state index is -0.941. The zero-order valence-electron chi connectivity index (χ0n) is 9.81. The van der Waals surface area contributed by atoms with Crippen molar-refractivity contribution in [2.75, 3.05) is 19.0 Å². The zero-order valence-corrected chi connectivity index (χ0v) is 11.4. The summed E-state index contributed by atoms with van der Waals surface area (Å²) in [6.07, 6.45) is 0.359. The molecule has 1 atom stereocenters. The summed E-state index contributed by atoms with van der Waals surface area (Å²) in [6.45, 7) is 0.359. The number of nitrogens with zero attached hydrogens (tertiary/aromatic N) is 1. The van der Waals surface area contributed by atoms with Crippen LogP contribution in [0.5, 0.6) is 0 Å². The molecule has 2 N–H and O–H groups in total. The molecule has 0 aromatic heterocycles. The van der Waals surface area contributed by atoms with E-state index in [2.05, 4.69) is 21.2 Å². The Morgan fingerprint density at radius 3 is 2.89 bits per heavy atom. The number of anilines is 1. The molecule has 0 spiro atoms. The minimum absolute atomic E-state index is 0.359. The van der Waals surface area contributed by atoms with E-state index in [0.29, 0.717) is 28.8 Å². The number of hydrogen-bond donors (Lipinski definition) is 2. The predicted octanol–water partition coefficient (Wildman–Crippen LogP) is 2.22. The van der Waals surface area contributed by atoms with Gasteiger partial charge in [-0.15, -0.1) is 0 Å². The van der Waals surface area contributed by atoms with Crippen LogP contribution in [0.4, 0.5) is 5.69 Å². The summed E-state index contributed by atoms with van der Waals surface area (Å²) in [4.78, 5) is 11.1. The number of ether oxygens (including phenoxy) is 1. The molecule has 1 aromatic carbocycles. The highest BCUT2D eigenvalue weighted by Gasteiger charge is 2.17. The minimum Gasteiger partial charge on any atom is -0.480 e. The van der Waals surface area contributed by atoms with Gasteiger partial charge in [0.05, 0.1) is 11.6 Å². The fraction of sp³-hybridized carbons (Fsp3) is 0.333. The number of methoxy groups -OCH3 is 1. The number of hydrogen-bond acceptors (Lipinski definition) is 4. The molecular weight excluding hydrogens is 300 g/mol. The summed E-state index contributed by atoms with van der Waals surface area (Å²) < 4.78 is 5.53. The van der Waals surface area contributed by atoms with Gasteiger partial charge in [-0.25, -0.2) is 4.79 Å². The number of nitrogens with one attached hydrogen (secondary N) is 1. The quantitative estimate of drug-likeness (QED) is 0.841. The SMILES string of the molecule is COCCC(Nc1ccc(C#N)cc1Br)C(=O)O. The maximum absolute atomic E-state index is 11.1. The number of carboxylic acids is 1. The number of halogens is 1. The molecule has 0 amide bonds. The van der Waals surface area contributed by atoms with Gasteiger partial charge in [0, 0.05) is 30.3 Å². The first kappa shape index (κ1) is 14.5. The highest BCUT2D eigenvalue weighted by Crippen LogP contribution is 2.24. The zero-order chi connectivity index (χ0) is 13.5. The summed E-state index contributed by atoms with van der Waals surface area (Å²) in [5, 5.41) is 20.7.